The number of carbonyl (C=O) groups excluding carboxylic acids is 1. The second kappa shape index (κ2) is 8.05. The summed E-state index contributed by atoms with van der Waals surface area (Å²) >= 11 is 0. The number of H-pyrrole nitrogens is 1. The van der Waals surface area contributed by atoms with Crippen LogP contribution in [0.2, 0.25) is 0 Å². The van der Waals surface area contributed by atoms with Gasteiger partial charge >= 0.3 is 0 Å². The van der Waals surface area contributed by atoms with E-state index in [9.17, 15) is 13.2 Å². The molecule has 0 atom stereocenters. The monoisotopic (exact) mass is 384 g/mol. The average Bonchev–Trinajstić information content (AvgIpc) is 3.15. The summed E-state index contributed by atoms with van der Waals surface area (Å²) in [7, 11) is -3.71. The summed E-state index contributed by atoms with van der Waals surface area (Å²) in [5, 5.41) is 2.80. The fourth-order valence-electron chi connectivity index (χ4n) is 2.49. The van der Waals surface area contributed by atoms with E-state index < -0.39 is 10.0 Å². The van der Waals surface area contributed by atoms with E-state index >= 15 is 0 Å². The highest BCUT2D eigenvalue weighted by Gasteiger charge is 2.15. The van der Waals surface area contributed by atoms with Gasteiger partial charge in [-0.1, -0.05) is 23.8 Å². The van der Waals surface area contributed by atoms with Crippen molar-refractivity contribution in [1.82, 2.24) is 15.3 Å². The zero-order chi connectivity index (χ0) is 19.3. The first-order valence-corrected chi connectivity index (χ1v) is 9.87. The third kappa shape index (κ3) is 4.95. The van der Waals surface area contributed by atoms with Crippen molar-refractivity contribution in [2.75, 3.05) is 11.3 Å². The van der Waals surface area contributed by atoms with Crippen molar-refractivity contribution >= 4 is 21.6 Å². The molecule has 0 spiro atoms. The summed E-state index contributed by atoms with van der Waals surface area (Å²) in [6.07, 6.45) is 3.92. The smallest absolute Gasteiger partial charge is 0.261 e. The Balaban J connectivity index is 1.65. The number of amides is 1. The van der Waals surface area contributed by atoms with Crippen molar-refractivity contribution in [3.63, 3.8) is 0 Å². The third-order valence-corrected chi connectivity index (χ3v) is 5.34. The maximum Gasteiger partial charge on any atom is 0.261 e. The molecule has 0 bridgehead atoms. The van der Waals surface area contributed by atoms with Crippen molar-refractivity contribution in [2.45, 2.75) is 18.2 Å². The number of aromatic amines is 1. The lowest BCUT2D eigenvalue weighted by Gasteiger charge is -2.10. The summed E-state index contributed by atoms with van der Waals surface area (Å²) in [6, 6.07) is 12.9. The molecule has 0 aliphatic carbocycles. The molecule has 3 N–H and O–H groups in total. The molecule has 1 aromatic heterocycles. The lowest BCUT2D eigenvalue weighted by molar-refractivity contribution is 0.0954. The first-order chi connectivity index (χ1) is 12.9. The van der Waals surface area contributed by atoms with E-state index in [4.69, 9.17) is 0 Å². The Bertz CT molecular complexity index is 1010. The van der Waals surface area contributed by atoms with Gasteiger partial charge in [0.25, 0.3) is 15.9 Å². The number of carbonyl (C=O) groups is 1. The highest BCUT2D eigenvalue weighted by Crippen LogP contribution is 2.17. The Morgan fingerprint density at radius 1 is 1.15 bits per heavy atom. The fraction of sp³-hybridized carbons (Fsp3) is 0.158. The number of aryl methyl sites for hydroxylation is 1. The van der Waals surface area contributed by atoms with Gasteiger partial charge in [-0.3, -0.25) is 9.52 Å². The maximum absolute atomic E-state index is 12.5. The third-order valence-electron chi connectivity index (χ3n) is 3.94. The van der Waals surface area contributed by atoms with E-state index in [-0.39, 0.29) is 10.8 Å². The number of nitrogens with one attached hydrogen (secondary N) is 3. The van der Waals surface area contributed by atoms with Gasteiger partial charge in [0, 0.05) is 36.1 Å². The minimum Gasteiger partial charge on any atom is -0.352 e. The van der Waals surface area contributed by atoms with Crippen LogP contribution in [0, 0.1) is 6.92 Å². The zero-order valence-corrected chi connectivity index (χ0v) is 15.6. The van der Waals surface area contributed by atoms with Crippen LogP contribution in [0.1, 0.15) is 21.6 Å². The van der Waals surface area contributed by atoms with Crippen molar-refractivity contribution in [2.24, 2.45) is 0 Å². The molecule has 0 aliphatic heterocycles. The minimum atomic E-state index is -3.71. The molecule has 0 aliphatic rings. The molecule has 8 heteroatoms. The molecule has 3 aromatic rings. The predicted molar refractivity (Wildman–Crippen MR) is 103 cm³/mol. The van der Waals surface area contributed by atoms with Gasteiger partial charge in [-0.25, -0.2) is 13.4 Å². The van der Waals surface area contributed by atoms with Crippen LogP contribution in [0.15, 0.2) is 66.0 Å². The van der Waals surface area contributed by atoms with Gasteiger partial charge in [-0.15, -0.1) is 0 Å². The highest BCUT2D eigenvalue weighted by atomic mass is 32.2. The Kier molecular flexibility index (Phi) is 5.56. The molecule has 3 rings (SSSR count). The lowest BCUT2D eigenvalue weighted by Crippen LogP contribution is -2.26. The largest absolute Gasteiger partial charge is 0.352 e. The normalized spacial score (nSPS) is 11.1. The molecule has 7 nitrogen and oxygen atoms in total. The fourth-order valence-corrected chi connectivity index (χ4v) is 3.54. The van der Waals surface area contributed by atoms with Crippen LogP contribution < -0.4 is 10.0 Å². The van der Waals surface area contributed by atoms with Crippen molar-refractivity contribution in [1.29, 1.82) is 0 Å². The zero-order valence-electron chi connectivity index (χ0n) is 14.8. The van der Waals surface area contributed by atoms with E-state index in [1.165, 1.54) is 6.07 Å². The number of imidazole rings is 1. The number of nitrogens with zero attached hydrogens (tertiary/aromatic N) is 1. The number of benzene rings is 2. The SMILES string of the molecule is Cc1ccc(S(=O)(=O)Nc2cccc(C(=O)NCCc3cnc[nH]3)c2)cc1. The number of rotatable bonds is 7. The molecular formula is C19H20N4O3S. The van der Waals surface area contributed by atoms with Crippen LogP contribution in [0.4, 0.5) is 5.69 Å². The molecule has 0 fully saturated rings. The topological polar surface area (TPSA) is 104 Å². The summed E-state index contributed by atoms with van der Waals surface area (Å²) in [6.45, 7) is 2.33. The number of anilines is 1. The van der Waals surface area contributed by atoms with Crippen LogP contribution >= 0.6 is 0 Å². The quantitative estimate of drug-likeness (QED) is 0.582. The first kappa shape index (κ1) is 18.7. The molecule has 0 radical (unpaired) electrons. The van der Waals surface area contributed by atoms with Gasteiger partial charge in [-0.05, 0) is 37.3 Å². The van der Waals surface area contributed by atoms with Gasteiger partial charge in [0.15, 0.2) is 0 Å². The Hall–Kier alpha value is -3.13. The summed E-state index contributed by atoms with van der Waals surface area (Å²) in [5.74, 6) is -0.272. The van der Waals surface area contributed by atoms with E-state index in [2.05, 4.69) is 20.0 Å². The van der Waals surface area contributed by atoms with E-state index in [1.54, 1.807) is 55.0 Å². The molecule has 2 aromatic carbocycles. The summed E-state index contributed by atoms with van der Waals surface area (Å²) in [5.41, 5.74) is 2.61. The summed E-state index contributed by atoms with van der Waals surface area (Å²) in [4.78, 5) is 19.3. The van der Waals surface area contributed by atoms with Gasteiger partial charge in [0.1, 0.15) is 0 Å². The number of hydrogen-bond donors (Lipinski definition) is 3. The van der Waals surface area contributed by atoms with Crippen molar-refractivity contribution in [3.05, 3.63) is 77.9 Å². The Labute approximate surface area is 157 Å². The second-order valence-electron chi connectivity index (χ2n) is 6.08. The van der Waals surface area contributed by atoms with Gasteiger partial charge in [-0.2, -0.15) is 0 Å². The highest BCUT2D eigenvalue weighted by molar-refractivity contribution is 7.92. The van der Waals surface area contributed by atoms with Gasteiger partial charge in [0.05, 0.1) is 11.2 Å². The molecule has 0 unspecified atom stereocenters. The van der Waals surface area contributed by atoms with Crippen LogP contribution in [0.5, 0.6) is 0 Å². The van der Waals surface area contributed by atoms with Crippen molar-refractivity contribution in [3.8, 4) is 0 Å². The van der Waals surface area contributed by atoms with Gasteiger partial charge in [0.2, 0.25) is 0 Å². The number of aromatic nitrogens is 2. The lowest BCUT2D eigenvalue weighted by atomic mass is 10.2. The standard InChI is InChI=1S/C19H20N4O3S/c1-14-5-7-18(8-6-14)27(25,26)23-16-4-2-3-15(11-16)19(24)21-10-9-17-12-20-13-22-17/h2-8,11-13,23H,9-10H2,1H3,(H,20,22)(H,21,24). The van der Waals surface area contributed by atoms with Gasteiger partial charge < -0.3 is 10.3 Å². The molecular weight excluding hydrogens is 364 g/mol. The minimum absolute atomic E-state index is 0.169. The molecule has 1 amide bonds. The first-order valence-electron chi connectivity index (χ1n) is 8.39. The molecule has 0 saturated carbocycles. The number of hydrogen-bond acceptors (Lipinski definition) is 4. The maximum atomic E-state index is 12.5. The van der Waals surface area contributed by atoms with Crippen molar-refractivity contribution < 1.29 is 13.2 Å². The summed E-state index contributed by atoms with van der Waals surface area (Å²) < 4.78 is 27.5. The Morgan fingerprint density at radius 2 is 1.93 bits per heavy atom. The number of sulfonamides is 1. The van der Waals surface area contributed by atoms with Crippen LogP contribution in [-0.4, -0.2) is 30.8 Å². The molecule has 0 saturated heterocycles. The average molecular weight is 384 g/mol. The van der Waals surface area contributed by atoms with E-state index in [0.29, 0.717) is 24.2 Å². The van der Waals surface area contributed by atoms with Crippen LogP contribution in [-0.2, 0) is 16.4 Å². The molecule has 1 heterocycles. The second-order valence-corrected chi connectivity index (χ2v) is 7.76. The molecule has 140 valence electrons. The predicted octanol–water partition coefficient (Wildman–Crippen LogP) is 2.49. The van der Waals surface area contributed by atoms with E-state index in [1.807, 2.05) is 6.92 Å². The van der Waals surface area contributed by atoms with E-state index in [0.717, 1.165) is 11.3 Å². The van der Waals surface area contributed by atoms with Crippen LogP contribution in [0.3, 0.4) is 0 Å². The van der Waals surface area contributed by atoms with Crippen LogP contribution in [0.25, 0.3) is 0 Å². The molecule has 27 heavy (non-hydrogen) atoms. The Morgan fingerprint density at radius 3 is 2.63 bits per heavy atom.